The van der Waals surface area contributed by atoms with Crippen molar-refractivity contribution in [2.24, 2.45) is 11.3 Å². The summed E-state index contributed by atoms with van der Waals surface area (Å²) in [5, 5.41) is 12.5. The van der Waals surface area contributed by atoms with Gasteiger partial charge in [0.1, 0.15) is 0 Å². The predicted molar refractivity (Wildman–Crippen MR) is 74.2 cm³/mol. The van der Waals surface area contributed by atoms with Gasteiger partial charge in [0.15, 0.2) is 0 Å². The molecule has 17 heavy (non-hydrogen) atoms. The quantitative estimate of drug-likeness (QED) is 0.670. The molecule has 0 aromatic carbocycles. The summed E-state index contributed by atoms with van der Waals surface area (Å²) in [6, 6.07) is 0. The summed E-state index contributed by atoms with van der Waals surface area (Å²) >= 11 is 0. The topological polar surface area (TPSA) is 32.3 Å². The molecule has 2 nitrogen and oxygen atoms in total. The number of aliphatic hydroxyl groups excluding tert-OH is 1. The standard InChI is InChI=1S/C15H31NO/c1-15(2,10-7-11-17)13-16-12-14-8-5-3-4-6-9-14/h14,16-17H,3-13H2,1-2H3. The Morgan fingerprint density at radius 2 is 1.76 bits per heavy atom. The molecule has 0 saturated heterocycles. The Morgan fingerprint density at radius 1 is 1.12 bits per heavy atom. The van der Waals surface area contributed by atoms with Gasteiger partial charge in [-0.05, 0) is 43.6 Å². The molecule has 1 rings (SSSR count). The van der Waals surface area contributed by atoms with E-state index < -0.39 is 0 Å². The molecule has 1 aliphatic rings. The molecule has 0 spiro atoms. The molecule has 1 fully saturated rings. The van der Waals surface area contributed by atoms with E-state index in [0.717, 1.165) is 25.3 Å². The maximum Gasteiger partial charge on any atom is 0.0431 e. The maximum absolute atomic E-state index is 8.87. The van der Waals surface area contributed by atoms with Crippen LogP contribution in [-0.4, -0.2) is 24.8 Å². The molecule has 1 aliphatic carbocycles. The highest BCUT2D eigenvalue weighted by Gasteiger charge is 2.18. The van der Waals surface area contributed by atoms with Crippen molar-refractivity contribution < 1.29 is 5.11 Å². The van der Waals surface area contributed by atoms with Gasteiger partial charge in [-0.1, -0.05) is 39.5 Å². The monoisotopic (exact) mass is 241 g/mol. The van der Waals surface area contributed by atoms with Crippen LogP contribution in [0.4, 0.5) is 0 Å². The summed E-state index contributed by atoms with van der Waals surface area (Å²) < 4.78 is 0. The Labute approximate surface area is 107 Å². The van der Waals surface area contributed by atoms with E-state index >= 15 is 0 Å². The first-order valence-electron chi connectivity index (χ1n) is 7.46. The minimum Gasteiger partial charge on any atom is -0.396 e. The molecule has 2 N–H and O–H groups in total. The Bertz CT molecular complexity index is 183. The molecule has 0 aromatic heterocycles. The van der Waals surface area contributed by atoms with Crippen molar-refractivity contribution in [2.75, 3.05) is 19.7 Å². The van der Waals surface area contributed by atoms with Gasteiger partial charge in [-0.3, -0.25) is 0 Å². The summed E-state index contributed by atoms with van der Waals surface area (Å²) in [6.07, 6.45) is 10.6. The predicted octanol–water partition coefficient (Wildman–Crippen LogP) is 3.35. The van der Waals surface area contributed by atoms with E-state index in [-0.39, 0.29) is 0 Å². The molecule has 2 heteroatoms. The SMILES string of the molecule is CC(C)(CCCO)CNCC1CCCCCC1. The lowest BCUT2D eigenvalue weighted by Crippen LogP contribution is -2.33. The van der Waals surface area contributed by atoms with Gasteiger partial charge in [0.2, 0.25) is 0 Å². The van der Waals surface area contributed by atoms with Gasteiger partial charge < -0.3 is 10.4 Å². The first-order chi connectivity index (χ1) is 8.14. The van der Waals surface area contributed by atoms with Crippen LogP contribution in [0.1, 0.15) is 65.2 Å². The molecular weight excluding hydrogens is 210 g/mol. The number of hydrogen-bond acceptors (Lipinski definition) is 2. The molecule has 0 unspecified atom stereocenters. The van der Waals surface area contributed by atoms with Gasteiger partial charge in [-0.25, -0.2) is 0 Å². The number of nitrogens with one attached hydrogen (secondary N) is 1. The summed E-state index contributed by atoms with van der Waals surface area (Å²) in [7, 11) is 0. The van der Waals surface area contributed by atoms with E-state index in [0.29, 0.717) is 12.0 Å². The maximum atomic E-state index is 8.87. The Hall–Kier alpha value is -0.0800. The summed E-state index contributed by atoms with van der Waals surface area (Å²) in [4.78, 5) is 0. The highest BCUT2D eigenvalue weighted by atomic mass is 16.2. The van der Waals surface area contributed by atoms with Crippen molar-refractivity contribution in [3.63, 3.8) is 0 Å². The molecule has 0 radical (unpaired) electrons. The van der Waals surface area contributed by atoms with Gasteiger partial charge in [0, 0.05) is 13.2 Å². The largest absolute Gasteiger partial charge is 0.396 e. The second-order valence-electron chi connectivity index (χ2n) is 6.48. The van der Waals surface area contributed by atoms with Crippen molar-refractivity contribution in [1.82, 2.24) is 5.32 Å². The molecule has 0 aliphatic heterocycles. The Balaban J connectivity index is 2.12. The van der Waals surface area contributed by atoms with Crippen molar-refractivity contribution in [3.05, 3.63) is 0 Å². The lowest BCUT2D eigenvalue weighted by atomic mass is 9.87. The van der Waals surface area contributed by atoms with Crippen LogP contribution in [0.15, 0.2) is 0 Å². The molecule has 0 bridgehead atoms. The Kier molecular flexibility index (Phi) is 7.14. The third-order valence-electron chi connectivity index (χ3n) is 4.02. The lowest BCUT2D eigenvalue weighted by Gasteiger charge is -2.26. The first kappa shape index (κ1) is 15.0. The van der Waals surface area contributed by atoms with Crippen LogP contribution < -0.4 is 5.32 Å². The first-order valence-corrected chi connectivity index (χ1v) is 7.46. The average Bonchev–Trinajstić information content (AvgIpc) is 2.55. The zero-order chi connectivity index (χ0) is 12.6. The summed E-state index contributed by atoms with van der Waals surface area (Å²) in [5.74, 6) is 0.908. The van der Waals surface area contributed by atoms with E-state index in [1.54, 1.807) is 0 Å². The van der Waals surface area contributed by atoms with Gasteiger partial charge >= 0.3 is 0 Å². The van der Waals surface area contributed by atoms with Crippen LogP contribution in [0.2, 0.25) is 0 Å². The van der Waals surface area contributed by atoms with Crippen molar-refractivity contribution in [3.8, 4) is 0 Å². The van der Waals surface area contributed by atoms with Crippen LogP contribution in [0, 0.1) is 11.3 Å². The van der Waals surface area contributed by atoms with Crippen molar-refractivity contribution in [2.45, 2.75) is 65.2 Å². The fraction of sp³-hybridized carbons (Fsp3) is 1.00. The van der Waals surface area contributed by atoms with Crippen molar-refractivity contribution in [1.29, 1.82) is 0 Å². The van der Waals surface area contributed by atoms with Crippen LogP contribution in [0.3, 0.4) is 0 Å². The molecule has 1 saturated carbocycles. The molecule has 0 heterocycles. The second-order valence-corrected chi connectivity index (χ2v) is 6.48. The van der Waals surface area contributed by atoms with Crippen molar-refractivity contribution >= 4 is 0 Å². The van der Waals surface area contributed by atoms with Gasteiger partial charge in [-0.15, -0.1) is 0 Å². The fourth-order valence-corrected chi connectivity index (χ4v) is 2.83. The summed E-state index contributed by atoms with van der Waals surface area (Å²) in [5.41, 5.74) is 0.327. The fourth-order valence-electron chi connectivity index (χ4n) is 2.83. The third kappa shape index (κ3) is 7.05. The molecular formula is C15H31NO. The number of rotatable bonds is 7. The highest BCUT2D eigenvalue weighted by Crippen LogP contribution is 2.24. The lowest BCUT2D eigenvalue weighted by molar-refractivity contribution is 0.233. The normalized spacial score (nSPS) is 19.2. The smallest absolute Gasteiger partial charge is 0.0431 e. The minimum absolute atomic E-state index is 0.325. The zero-order valence-electron chi connectivity index (χ0n) is 11.8. The van der Waals surface area contributed by atoms with Crippen LogP contribution >= 0.6 is 0 Å². The van der Waals surface area contributed by atoms with Crippen LogP contribution in [0.25, 0.3) is 0 Å². The van der Waals surface area contributed by atoms with E-state index in [9.17, 15) is 0 Å². The van der Waals surface area contributed by atoms with Gasteiger partial charge in [0.05, 0.1) is 0 Å². The van der Waals surface area contributed by atoms with Crippen LogP contribution in [0.5, 0.6) is 0 Å². The van der Waals surface area contributed by atoms with Gasteiger partial charge in [-0.2, -0.15) is 0 Å². The average molecular weight is 241 g/mol. The Morgan fingerprint density at radius 3 is 2.35 bits per heavy atom. The third-order valence-corrected chi connectivity index (χ3v) is 4.02. The van der Waals surface area contributed by atoms with E-state index in [1.165, 1.54) is 45.1 Å². The van der Waals surface area contributed by atoms with E-state index in [2.05, 4.69) is 19.2 Å². The molecule has 0 atom stereocenters. The zero-order valence-corrected chi connectivity index (χ0v) is 11.8. The molecule has 0 aromatic rings. The van der Waals surface area contributed by atoms with E-state index in [1.807, 2.05) is 0 Å². The highest BCUT2D eigenvalue weighted by molar-refractivity contribution is 4.73. The molecule has 102 valence electrons. The van der Waals surface area contributed by atoms with Gasteiger partial charge in [0.25, 0.3) is 0 Å². The van der Waals surface area contributed by atoms with E-state index in [4.69, 9.17) is 5.11 Å². The minimum atomic E-state index is 0.325. The number of aliphatic hydroxyl groups is 1. The second kappa shape index (κ2) is 8.10. The summed E-state index contributed by atoms with van der Waals surface area (Å²) in [6.45, 7) is 7.20. The number of hydrogen-bond donors (Lipinski definition) is 2. The molecule has 0 amide bonds. The van der Waals surface area contributed by atoms with Crippen LogP contribution in [-0.2, 0) is 0 Å².